The largest absolute Gasteiger partial charge is 0.550 e. The van der Waals surface area contributed by atoms with E-state index >= 15 is 0 Å². The molecule has 0 bridgehead atoms. The van der Waals surface area contributed by atoms with Crippen LogP contribution >= 0.6 is 11.6 Å². The maximum atomic E-state index is 11.6. The summed E-state index contributed by atoms with van der Waals surface area (Å²) in [6, 6.07) is 14.8. The summed E-state index contributed by atoms with van der Waals surface area (Å²) in [5.74, 6) is -1.61. The minimum absolute atomic E-state index is 0.181. The van der Waals surface area contributed by atoms with Gasteiger partial charge in [0.25, 0.3) is 0 Å². The Balaban J connectivity index is 1.91. The number of benzene rings is 2. The zero-order valence-corrected chi connectivity index (χ0v) is 14.3. The van der Waals surface area contributed by atoms with Crippen molar-refractivity contribution in [3.63, 3.8) is 0 Å². The monoisotopic (exact) mass is 369 g/mol. The number of carbonyl (C=O) groups excluding carboxylic acids is 2. The zero-order chi connectivity index (χ0) is 18.5. The molecule has 132 valence electrons. The molecule has 8 heteroatoms. The Bertz CT molecular complexity index is 963. The lowest BCUT2D eigenvalue weighted by Crippen LogP contribution is -2.32. The van der Waals surface area contributed by atoms with E-state index in [0.29, 0.717) is 16.2 Å². The van der Waals surface area contributed by atoms with Gasteiger partial charge in [-0.15, -0.1) is 0 Å². The third-order valence-electron chi connectivity index (χ3n) is 3.57. The van der Waals surface area contributed by atoms with E-state index in [-0.39, 0.29) is 18.8 Å². The normalized spacial score (nSPS) is 10.5. The number of carboxylic acids is 1. The number of hydrogen-bond acceptors (Lipinski definition) is 6. The predicted octanol–water partition coefficient (Wildman–Crippen LogP) is 1.92. The number of aliphatic carboxylic acids is 1. The van der Waals surface area contributed by atoms with Gasteiger partial charge in [-0.25, -0.2) is 9.97 Å². The average Bonchev–Trinajstić information content (AvgIpc) is 2.65. The number of nitrogens with one attached hydrogen (secondary N) is 2. The Hall–Kier alpha value is -3.19. The van der Waals surface area contributed by atoms with Gasteiger partial charge in [0, 0.05) is 28.4 Å². The molecule has 26 heavy (non-hydrogen) atoms. The van der Waals surface area contributed by atoms with Gasteiger partial charge in [0.1, 0.15) is 0 Å². The molecule has 2 N–H and O–H groups in total. The Morgan fingerprint density at radius 2 is 1.81 bits per heavy atom. The average molecular weight is 370 g/mol. The lowest BCUT2D eigenvalue weighted by molar-refractivity contribution is -0.305. The van der Waals surface area contributed by atoms with Gasteiger partial charge >= 0.3 is 0 Å². The fourth-order valence-corrected chi connectivity index (χ4v) is 2.55. The van der Waals surface area contributed by atoms with E-state index in [1.54, 1.807) is 18.2 Å². The van der Waals surface area contributed by atoms with Crippen molar-refractivity contribution in [1.29, 1.82) is 0 Å². The van der Waals surface area contributed by atoms with Gasteiger partial charge in [-0.1, -0.05) is 41.9 Å². The van der Waals surface area contributed by atoms with E-state index in [0.717, 1.165) is 10.9 Å². The van der Waals surface area contributed by atoms with Crippen LogP contribution in [0.3, 0.4) is 0 Å². The van der Waals surface area contributed by atoms with Crippen molar-refractivity contribution in [3.8, 4) is 11.3 Å². The van der Waals surface area contributed by atoms with E-state index in [9.17, 15) is 14.7 Å². The second kappa shape index (κ2) is 7.79. The first-order valence-electron chi connectivity index (χ1n) is 7.80. The molecular weight excluding hydrogens is 356 g/mol. The number of aromatic nitrogens is 2. The van der Waals surface area contributed by atoms with Crippen molar-refractivity contribution in [2.75, 3.05) is 5.43 Å². The van der Waals surface area contributed by atoms with Gasteiger partial charge in [0.2, 0.25) is 11.9 Å². The molecule has 3 aromatic rings. The first-order valence-corrected chi connectivity index (χ1v) is 8.18. The summed E-state index contributed by atoms with van der Waals surface area (Å²) in [5.41, 5.74) is 7.17. The number of fused-ring (bicyclic) bond motifs is 1. The molecule has 0 radical (unpaired) electrons. The zero-order valence-electron chi connectivity index (χ0n) is 13.5. The number of amides is 1. The Labute approximate surface area is 154 Å². The fourth-order valence-electron chi connectivity index (χ4n) is 2.38. The maximum Gasteiger partial charge on any atom is 0.242 e. The van der Waals surface area contributed by atoms with Crippen molar-refractivity contribution in [3.05, 3.63) is 53.6 Å². The van der Waals surface area contributed by atoms with E-state index in [1.807, 2.05) is 30.3 Å². The number of rotatable bonds is 6. The summed E-state index contributed by atoms with van der Waals surface area (Å²) < 4.78 is 0. The number of carbonyl (C=O) groups is 2. The molecule has 0 spiro atoms. The van der Waals surface area contributed by atoms with E-state index in [4.69, 9.17) is 11.6 Å². The van der Waals surface area contributed by atoms with Crippen LogP contribution < -0.4 is 16.0 Å². The highest BCUT2D eigenvalue weighted by atomic mass is 35.5. The minimum atomic E-state index is -1.29. The Morgan fingerprint density at radius 1 is 1.04 bits per heavy atom. The molecule has 3 rings (SSSR count). The summed E-state index contributed by atoms with van der Waals surface area (Å²) in [7, 11) is 0. The van der Waals surface area contributed by atoms with Gasteiger partial charge in [-0.3, -0.25) is 15.6 Å². The van der Waals surface area contributed by atoms with Crippen molar-refractivity contribution in [2.24, 2.45) is 0 Å². The topological polar surface area (TPSA) is 107 Å². The van der Waals surface area contributed by atoms with E-state index in [1.165, 1.54) is 0 Å². The quantitative estimate of drug-likeness (QED) is 0.643. The molecule has 7 nitrogen and oxygen atoms in total. The highest BCUT2D eigenvalue weighted by Gasteiger charge is 2.11. The molecule has 1 amide bonds. The second-order valence-corrected chi connectivity index (χ2v) is 5.90. The van der Waals surface area contributed by atoms with Crippen LogP contribution in [0.5, 0.6) is 0 Å². The fraction of sp³-hybridized carbons (Fsp3) is 0.111. The third kappa shape index (κ3) is 4.25. The highest BCUT2D eigenvalue weighted by molar-refractivity contribution is 6.31. The van der Waals surface area contributed by atoms with Crippen LogP contribution in [-0.2, 0) is 9.59 Å². The summed E-state index contributed by atoms with van der Waals surface area (Å²) >= 11 is 6.10. The molecule has 0 saturated heterocycles. The van der Waals surface area contributed by atoms with Crippen LogP contribution in [0.4, 0.5) is 5.95 Å². The molecule has 2 aromatic carbocycles. The molecule has 0 fully saturated rings. The first kappa shape index (κ1) is 17.6. The number of hydrazine groups is 1. The molecule has 0 aliphatic heterocycles. The molecule has 0 aliphatic rings. The summed E-state index contributed by atoms with van der Waals surface area (Å²) in [4.78, 5) is 30.9. The minimum Gasteiger partial charge on any atom is -0.550 e. The lowest BCUT2D eigenvalue weighted by atomic mass is 10.1. The molecule has 0 unspecified atom stereocenters. The van der Waals surface area contributed by atoms with Crippen molar-refractivity contribution < 1.29 is 14.7 Å². The van der Waals surface area contributed by atoms with Crippen LogP contribution in [0.1, 0.15) is 12.8 Å². The van der Waals surface area contributed by atoms with Crippen molar-refractivity contribution in [2.45, 2.75) is 12.8 Å². The molecule has 0 aliphatic carbocycles. The number of carboxylic acid groups (broad SMARTS) is 1. The van der Waals surface area contributed by atoms with Gasteiger partial charge in [0.15, 0.2) is 0 Å². The number of halogens is 1. The molecule has 1 heterocycles. The first-order chi connectivity index (χ1) is 12.5. The summed E-state index contributed by atoms with van der Waals surface area (Å²) in [5, 5.41) is 11.7. The van der Waals surface area contributed by atoms with Crippen LogP contribution in [0.25, 0.3) is 22.2 Å². The van der Waals surface area contributed by atoms with Crippen molar-refractivity contribution >= 4 is 40.3 Å². The van der Waals surface area contributed by atoms with Gasteiger partial charge in [-0.2, -0.15) is 0 Å². The molecule has 0 atom stereocenters. The standard InChI is InChI=1S/C18H15ClN4O3/c19-12-6-7-14-13(10-12)17(11-4-2-1-3-5-11)21-18(20-14)23-22-15(24)8-9-16(25)26/h1-7,10H,8-9H2,(H,22,24)(H,25,26)(H,20,21,23)/p-1. The van der Waals surface area contributed by atoms with E-state index in [2.05, 4.69) is 20.8 Å². The van der Waals surface area contributed by atoms with Crippen LogP contribution in [0.2, 0.25) is 5.02 Å². The lowest BCUT2D eigenvalue weighted by Gasteiger charge is -2.11. The second-order valence-electron chi connectivity index (χ2n) is 5.47. The van der Waals surface area contributed by atoms with Crippen LogP contribution in [0.15, 0.2) is 48.5 Å². The summed E-state index contributed by atoms with van der Waals surface area (Å²) in [6.07, 6.45) is -0.566. The number of hydrogen-bond donors (Lipinski definition) is 2. The van der Waals surface area contributed by atoms with Crippen LogP contribution in [-0.4, -0.2) is 21.8 Å². The molecule has 0 saturated carbocycles. The maximum absolute atomic E-state index is 11.6. The highest BCUT2D eigenvalue weighted by Crippen LogP contribution is 2.29. The van der Waals surface area contributed by atoms with E-state index < -0.39 is 11.9 Å². The predicted molar refractivity (Wildman–Crippen MR) is 96.0 cm³/mol. The van der Waals surface area contributed by atoms with Gasteiger partial charge in [0.05, 0.1) is 11.2 Å². The number of nitrogens with zero attached hydrogens (tertiary/aromatic N) is 2. The molecular formula is C18H14ClN4O3-. The Kier molecular flexibility index (Phi) is 5.28. The Morgan fingerprint density at radius 3 is 2.54 bits per heavy atom. The van der Waals surface area contributed by atoms with Gasteiger partial charge < -0.3 is 9.90 Å². The third-order valence-corrected chi connectivity index (χ3v) is 3.81. The smallest absolute Gasteiger partial charge is 0.242 e. The molecule has 1 aromatic heterocycles. The number of anilines is 1. The summed E-state index contributed by atoms with van der Waals surface area (Å²) in [6.45, 7) is 0. The van der Waals surface area contributed by atoms with Gasteiger partial charge in [-0.05, 0) is 24.6 Å². The van der Waals surface area contributed by atoms with Crippen molar-refractivity contribution in [1.82, 2.24) is 15.4 Å². The van der Waals surface area contributed by atoms with Crippen LogP contribution in [0, 0.1) is 0 Å². The SMILES string of the molecule is O=C([O-])CCC(=O)NNc1nc(-c2ccccc2)c2cc(Cl)ccc2n1.